The highest BCUT2D eigenvalue weighted by Gasteiger charge is 1.97. The lowest BCUT2D eigenvalue weighted by molar-refractivity contribution is 1.14. The molecule has 0 spiro atoms. The highest BCUT2D eigenvalue weighted by atomic mass is 14.9. The first kappa shape index (κ1) is 11.7. The number of aromatic nitrogens is 1. The van der Waals surface area contributed by atoms with Crippen LogP contribution in [0.15, 0.2) is 60.8 Å². The van der Waals surface area contributed by atoms with E-state index in [9.17, 15) is 0 Å². The van der Waals surface area contributed by atoms with E-state index in [1.165, 1.54) is 11.1 Å². The third-order valence-electron chi connectivity index (χ3n) is 3.18. The zero-order chi connectivity index (χ0) is 13.1. The van der Waals surface area contributed by atoms with Gasteiger partial charge in [-0.15, -0.1) is 0 Å². The van der Waals surface area contributed by atoms with Crippen LogP contribution in [-0.2, 0) is 6.54 Å². The SMILES string of the molecule is Cc1cccc(CNc2ccc3ncccc3c2)c1. The molecule has 0 saturated heterocycles. The summed E-state index contributed by atoms with van der Waals surface area (Å²) in [4.78, 5) is 4.32. The van der Waals surface area contributed by atoms with Gasteiger partial charge in [0, 0.05) is 23.8 Å². The molecule has 0 fully saturated rings. The van der Waals surface area contributed by atoms with Crippen molar-refractivity contribution in [2.75, 3.05) is 5.32 Å². The molecule has 2 aromatic carbocycles. The second-order valence-corrected chi connectivity index (χ2v) is 4.75. The van der Waals surface area contributed by atoms with Crippen LogP contribution in [-0.4, -0.2) is 4.98 Å². The maximum Gasteiger partial charge on any atom is 0.0703 e. The summed E-state index contributed by atoms with van der Waals surface area (Å²) in [5.74, 6) is 0. The molecule has 1 aromatic heterocycles. The minimum absolute atomic E-state index is 0.841. The Kier molecular flexibility index (Phi) is 3.15. The second kappa shape index (κ2) is 5.11. The summed E-state index contributed by atoms with van der Waals surface area (Å²) >= 11 is 0. The van der Waals surface area contributed by atoms with E-state index < -0.39 is 0 Å². The molecule has 0 saturated carbocycles. The molecule has 0 amide bonds. The molecule has 19 heavy (non-hydrogen) atoms. The average molecular weight is 248 g/mol. The third kappa shape index (κ3) is 2.74. The van der Waals surface area contributed by atoms with Gasteiger partial charge in [0.1, 0.15) is 0 Å². The van der Waals surface area contributed by atoms with Crippen molar-refractivity contribution in [1.82, 2.24) is 4.98 Å². The highest BCUT2D eigenvalue weighted by Crippen LogP contribution is 2.17. The van der Waals surface area contributed by atoms with Crippen LogP contribution in [0, 0.1) is 6.92 Å². The Balaban J connectivity index is 1.78. The Morgan fingerprint density at radius 2 is 1.95 bits per heavy atom. The van der Waals surface area contributed by atoms with Gasteiger partial charge < -0.3 is 5.32 Å². The van der Waals surface area contributed by atoms with Crippen molar-refractivity contribution in [2.24, 2.45) is 0 Å². The zero-order valence-electron chi connectivity index (χ0n) is 10.9. The Morgan fingerprint density at radius 3 is 2.84 bits per heavy atom. The standard InChI is InChI=1S/C17H16N2/c1-13-4-2-5-14(10-13)12-19-16-7-8-17-15(11-16)6-3-9-18-17/h2-11,19H,12H2,1H3. The summed E-state index contributed by atoms with van der Waals surface area (Å²) in [6.07, 6.45) is 1.82. The number of hydrogen-bond acceptors (Lipinski definition) is 2. The van der Waals surface area contributed by atoms with Crippen molar-refractivity contribution in [3.63, 3.8) is 0 Å². The number of pyridine rings is 1. The molecule has 0 bridgehead atoms. The average Bonchev–Trinajstić information content (AvgIpc) is 2.45. The Hall–Kier alpha value is -2.35. The summed E-state index contributed by atoms with van der Waals surface area (Å²) < 4.78 is 0. The van der Waals surface area contributed by atoms with Crippen molar-refractivity contribution in [3.8, 4) is 0 Å². The van der Waals surface area contributed by atoms with Crippen LogP contribution in [0.3, 0.4) is 0 Å². The maximum atomic E-state index is 4.32. The molecule has 3 aromatic rings. The number of anilines is 1. The Labute approximate surface area is 113 Å². The minimum atomic E-state index is 0.841. The van der Waals surface area contributed by atoms with Gasteiger partial charge in [-0.05, 0) is 36.8 Å². The quantitative estimate of drug-likeness (QED) is 0.753. The molecule has 0 aliphatic carbocycles. The fourth-order valence-corrected chi connectivity index (χ4v) is 2.21. The first-order valence-corrected chi connectivity index (χ1v) is 6.45. The molecule has 0 aliphatic heterocycles. The number of benzene rings is 2. The van der Waals surface area contributed by atoms with E-state index in [4.69, 9.17) is 0 Å². The van der Waals surface area contributed by atoms with E-state index in [0.29, 0.717) is 0 Å². The molecule has 1 heterocycles. The summed E-state index contributed by atoms with van der Waals surface area (Å²) in [6, 6.07) is 18.9. The minimum Gasteiger partial charge on any atom is -0.381 e. The number of aryl methyl sites for hydroxylation is 1. The molecule has 2 nitrogen and oxygen atoms in total. The van der Waals surface area contributed by atoms with Crippen molar-refractivity contribution < 1.29 is 0 Å². The van der Waals surface area contributed by atoms with Crippen LogP contribution in [0.4, 0.5) is 5.69 Å². The van der Waals surface area contributed by atoms with Gasteiger partial charge in [-0.3, -0.25) is 4.98 Å². The van der Waals surface area contributed by atoms with E-state index in [1.807, 2.05) is 18.3 Å². The maximum absolute atomic E-state index is 4.32. The highest BCUT2D eigenvalue weighted by molar-refractivity contribution is 5.82. The number of nitrogens with one attached hydrogen (secondary N) is 1. The summed E-state index contributed by atoms with van der Waals surface area (Å²) in [7, 11) is 0. The fraction of sp³-hybridized carbons (Fsp3) is 0.118. The lowest BCUT2D eigenvalue weighted by Gasteiger charge is -2.08. The second-order valence-electron chi connectivity index (χ2n) is 4.75. The third-order valence-corrected chi connectivity index (χ3v) is 3.18. The molecule has 0 atom stereocenters. The molecule has 1 N–H and O–H groups in total. The lowest BCUT2D eigenvalue weighted by atomic mass is 10.1. The fourth-order valence-electron chi connectivity index (χ4n) is 2.21. The van der Waals surface area contributed by atoms with Crippen LogP contribution in [0.5, 0.6) is 0 Å². The van der Waals surface area contributed by atoms with Gasteiger partial charge in [0.05, 0.1) is 5.52 Å². The van der Waals surface area contributed by atoms with Crippen molar-refractivity contribution in [1.29, 1.82) is 0 Å². The number of rotatable bonds is 3. The summed E-state index contributed by atoms with van der Waals surface area (Å²) in [5.41, 5.74) is 4.75. The van der Waals surface area contributed by atoms with Crippen LogP contribution in [0.2, 0.25) is 0 Å². The summed E-state index contributed by atoms with van der Waals surface area (Å²) in [6.45, 7) is 2.96. The molecule has 3 rings (SSSR count). The van der Waals surface area contributed by atoms with Crippen LogP contribution < -0.4 is 5.32 Å². The van der Waals surface area contributed by atoms with Gasteiger partial charge in [-0.2, -0.15) is 0 Å². The normalized spacial score (nSPS) is 10.6. The molecule has 94 valence electrons. The molecular formula is C17H16N2. The molecule has 2 heteroatoms. The van der Waals surface area contributed by atoms with E-state index in [1.54, 1.807) is 0 Å². The first-order chi connectivity index (χ1) is 9.31. The van der Waals surface area contributed by atoms with E-state index >= 15 is 0 Å². The van der Waals surface area contributed by atoms with Gasteiger partial charge in [-0.25, -0.2) is 0 Å². The van der Waals surface area contributed by atoms with Crippen molar-refractivity contribution >= 4 is 16.6 Å². The largest absolute Gasteiger partial charge is 0.381 e. The van der Waals surface area contributed by atoms with Crippen LogP contribution in [0.25, 0.3) is 10.9 Å². The number of nitrogens with zero attached hydrogens (tertiary/aromatic N) is 1. The molecular weight excluding hydrogens is 232 g/mol. The lowest BCUT2D eigenvalue weighted by Crippen LogP contribution is -1.99. The van der Waals surface area contributed by atoms with E-state index in [0.717, 1.165) is 23.1 Å². The Bertz CT molecular complexity index is 704. The van der Waals surface area contributed by atoms with Crippen LogP contribution in [0.1, 0.15) is 11.1 Å². The Morgan fingerprint density at radius 1 is 1.00 bits per heavy atom. The van der Waals surface area contributed by atoms with E-state index in [-0.39, 0.29) is 0 Å². The monoisotopic (exact) mass is 248 g/mol. The molecule has 0 unspecified atom stereocenters. The molecule has 0 aliphatic rings. The van der Waals surface area contributed by atoms with Gasteiger partial charge in [0.15, 0.2) is 0 Å². The number of fused-ring (bicyclic) bond motifs is 1. The summed E-state index contributed by atoms with van der Waals surface area (Å²) in [5, 5.41) is 4.62. The van der Waals surface area contributed by atoms with Crippen molar-refractivity contribution in [2.45, 2.75) is 13.5 Å². The smallest absolute Gasteiger partial charge is 0.0703 e. The zero-order valence-corrected chi connectivity index (χ0v) is 10.9. The van der Waals surface area contributed by atoms with Gasteiger partial charge in [-0.1, -0.05) is 35.9 Å². The van der Waals surface area contributed by atoms with E-state index in [2.05, 4.69) is 59.7 Å². The van der Waals surface area contributed by atoms with Gasteiger partial charge in [0.2, 0.25) is 0 Å². The van der Waals surface area contributed by atoms with Crippen LogP contribution >= 0.6 is 0 Å². The molecule has 0 radical (unpaired) electrons. The van der Waals surface area contributed by atoms with Gasteiger partial charge in [0.25, 0.3) is 0 Å². The predicted molar refractivity (Wildman–Crippen MR) is 80.2 cm³/mol. The first-order valence-electron chi connectivity index (χ1n) is 6.45. The number of hydrogen-bond donors (Lipinski definition) is 1. The predicted octanol–water partition coefficient (Wildman–Crippen LogP) is 4.16. The van der Waals surface area contributed by atoms with Crippen molar-refractivity contribution in [3.05, 3.63) is 71.9 Å². The van der Waals surface area contributed by atoms with Gasteiger partial charge >= 0.3 is 0 Å². The topological polar surface area (TPSA) is 24.9 Å².